The van der Waals surface area contributed by atoms with Crippen molar-refractivity contribution in [3.8, 4) is 0 Å². The Kier molecular flexibility index (Phi) is 3.75. The molecule has 0 unspecified atom stereocenters. The Morgan fingerprint density at radius 1 is 0.870 bits per heavy atom. The molecule has 0 atom stereocenters. The van der Waals surface area contributed by atoms with E-state index in [1.54, 1.807) is 0 Å². The molecule has 0 fully saturated rings. The van der Waals surface area contributed by atoms with Gasteiger partial charge in [-0.25, -0.2) is 4.42 Å². The van der Waals surface area contributed by atoms with Crippen LogP contribution < -0.4 is 0 Å². The highest BCUT2D eigenvalue weighted by atomic mass is 16.4. The van der Waals surface area contributed by atoms with E-state index in [0.717, 1.165) is 11.5 Å². The lowest BCUT2D eigenvalue weighted by Crippen LogP contribution is -2.06. The number of hydrogen-bond donors (Lipinski definition) is 0. The summed E-state index contributed by atoms with van der Waals surface area (Å²) in [4.78, 5) is 0. The third-order valence-electron chi connectivity index (χ3n) is 4.12. The minimum atomic E-state index is 0.0786. The molecule has 118 valence electrons. The van der Waals surface area contributed by atoms with Crippen LogP contribution in [0.15, 0.2) is 42.5 Å². The minimum Gasteiger partial charge on any atom is -0.206 e. The smallest absolute Gasteiger partial charge is 0.206 e. The zero-order chi connectivity index (χ0) is 16.8. The van der Waals surface area contributed by atoms with Gasteiger partial charge in [-0.3, -0.25) is 0 Å². The lowest BCUT2D eigenvalue weighted by Gasteiger charge is -2.08. The Morgan fingerprint density at radius 2 is 1.43 bits per heavy atom. The molecule has 1 heterocycles. The van der Waals surface area contributed by atoms with Crippen molar-refractivity contribution < 1.29 is 4.42 Å². The fraction of sp³-hybridized carbons (Fsp3) is 0.318. The zero-order valence-electron chi connectivity index (χ0n) is 14.9. The highest BCUT2D eigenvalue weighted by molar-refractivity contribution is 6.16. The van der Waals surface area contributed by atoms with Gasteiger partial charge in [-0.15, -0.1) is 0 Å². The maximum absolute atomic E-state index is 6.37. The number of hydrogen-bond acceptors (Lipinski definition) is 0. The van der Waals surface area contributed by atoms with Crippen molar-refractivity contribution in [1.82, 2.24) is 0 Å². The van der Waals surface area contributed by atoms with Gasteiger partial charge in [0.1, 0.15) is 0 Å². The first-order chi connectivity index (χ1) is 10.8. The summed E-state index contributed by atoms with van der Waals surface area (Å²) < 4.78 is 6.37. The standard InChI is InChI=1S/C22H25O/c1-14-11-15(2)20(16(3)12-14)21-18-10-8-7-9-17(18)19(23-21)13-22(4,5)6/h7-13H,1-6H3/q+1/b19-13-. The summed E-state index contributed by atoms with van der Waals surface area (Å²) in [6.45, 7) is 13.1. The minimum absolute atomic E-state index is 0.0786. The van der Waals surface area contributed by atoms with Crippen LogP contribution in [0.1, 0.15) is 58.6 Å². The van der Waals surface area contributed by atoms with Gasteiger partial charge >= 0.3 is 11.5 Å². The van der Waals surface area contributed by atoms with E-state index in [4.69, 9.17) is 4.42 Å². The maximum Gasteiger partial charge on any atom is 0.369 e. The Bertz CT molecular complexity index is 806. The van der Waals surface area contributed by atoms with Crippen LogP contribution in [-0.2, 0) is 0 Å². The molecule has 1 aliphatic heterocycles. The molecule has 0 spiro atoms. The average molecular weight is 305 g/mol. The number of allylic oxidation sites excluding steroid dienone is 1. The van der Waals surface area contributed by atoms with Crippen LogP contribution in [0.4, 0.5) is 0 Å². The van der Waals surface area contributed by atoms with Gasteiger partial charge in [0, 0.05) is 6.08 Å². The third kappa shape index (κ3) is 3.01. The number of carbonyl (C=O) groups excluding carboxylic acids is 1. The molecular formula is C22H25O+. The number of benzene rings is 2. The van der Waals surface area contributed by atoms with Crippen molar-refractivity contribution in [3.05, 3.63) is 75.9 Å². The average Bonchev–Trinajstić information content (AvgIpc) is 2.75. The van der Waals surface area contributed by atoms with Crippen molar-refractivity contribution in [3.63, 3.8) is 0 Å². The van der Waals surface area contributed by atoms with Gasteiger partial charge in [-0.2, -0.15) is 0 Å². The fourth-order valence-corrected chi connectivity index (χ4v) is 3.34. The maximum atomic E-state index is 6.37. The van der Waals surface area contributed by atoms with Gasteiger partial charge in [0.2, 0.25) is 0 Å². The van der Waals surface area contributed by atoms with Gasteiger partial charge in [0.15, 0.2) is 0 Å². The molecule has 2 aromatic rings. The molecule has 0 bridgehead atoms. The van der Waals surface area contributed by atoms with Crippen molar-refractivity contribution in [2.24, 2.45) is 5.41 Å². The van der Waals surface area contributed by atoms with Crippen LogP contribution in [0.2, 0.25) is 0 Å². The fourth-order valence-electron chi connectivity index (χ4n) is 3.34. The topological polar surface area (TPSA) is 11.3 Å². The van der Waals surface area contributed by atoms with Gasteiger partial charge in [0.25, 0.3) is 0 Å². The molecule has 0 aliphatic carbocycles. The first-order valence-corrected chi connectivity index (χ1v) is 8.22. The molecule has 1 aliphatic rings. The Morgan fingerprint density at radius 3 is 2.00 bits per heavy atom. The van der Waals surface area contributed by atoms with Crippen LogP contribution in [0.5, 0.6) is 0 Å². The molecule has 3 rings (SSSR count). The summed E-state index contributed by atoms with van der Waals surface area (Å²) in [5.41, 5.74) is 7.51. The molecule has 0 saturated carbocycles. The summed E-state index contributed by atoms with van der Waals surface area (Å²) in [6, 6.07) is 12.9. The highest BCUT2D eigenvalue weighted by Crippen LogP contribution is 2.35. The molecule has 2 aromatic carbocycles. The molecule has 0 saturated heterocycles. The van der Waals surface area contributed by atoms with E-state index >= 15 is 0 Å². The molecular weight excluding hydrogens is 280 g/mol. The van der Waals surface area contributed by atoms with Crippen molar-refractivity contribution in [2.45, 2.75) is 41.5 Å². The first kappa shape index (κ1) is 15.7. The third-order valence-corrected chi connectivity index (χ3v) is 4.12. The van der Waals surface area contributed by atoms with Crippen LogP contribution in [0.3, 0.4) is 0 Å². The van der Waals surface area contributed by atoms with E-state index in [-0.39, 0.29) is 5.41 Å². The molecule has 0 radical (unpaired) electrons. The van der Waals surface area contributed by atoms with E-state index in [2.05, 4.69) is 84.0 Å². The van der Waals surface area contributed by atoms with E-state index in [1.165, 1.54) is 33.4 Å². The molecule has 0 amide bonds. The second-order valence-electron chi connectivity index (χ2n) is 7.63. The van der Waals surface area contributed by atoms with Crippen LogP contribution >= 0.6 is 0 Å². The molecule has 0 N–H and O–H groups in total. The highest BCUT2D eigenvalue weighted by Gasteiger charge is 2.37. The monoisotopic (exact) mass is 305 g/mol. The predicted molar refractivity (Wildman–Crippen MR) is 98.0 cm³/mol. The van der Waals surface area contributed by atoms with Crippen LogP contribution in [0, 0.1) is 26.2 Å². The van der Waals surface area contributed by atoms with Gasteiger partial charge in [0.05, 0.1) is 16.7 Å². The number of fused-ring (bicyclic) bond motifs is 1. The lowest BCUT2D eigenvalue weighted by atomic mass is 9.90. The SMILES string of the molecule is Cc1cc(C)c(C2=[O+]/C(=C\C(C)(C)C)c3ccccc32)c(C)c1. The Balaban J connectivity index is 2.25. The Labute approximate surface area is 139 Å². The van der Waals surface area contributed by atoms with E-state index in [9.17, 15) is 0 Å². The van der Waals surface area contributed by atoms with Gasteiger partial charge in [-0.1, -0.05) is 50.6 Å². The van der Waals surface area contributed by atoms with Crippen molar-refractivity contribution >= 4 is 11.5 Å². The summed E-state index contributed by atoms with van der Waals surface area (Å²) in [6.07, 6.45) is 2.22. The Hall–Kier alpha value is -2.15. The zero-order valence-corrected chi connectivity index (χ0v) is 14.9. The summed E-state index contributed by atoms with van der Waals surface area (Å²) in [5.74, 6) is 1.97. The quantitative estimate of drug-likeness (QED) is 0.592. The van der Waals surface area contributed by atoms with E-state index < -0.39 is 0 Å². The van der Waals surface area contributed by atoms with Gasteiger partial charge in [-0.05, 0) is 49.4 Å². The molecule has 0 aromatic heterocycles. The largest absolute Gasteiger partial charge is 0.369 e. The molecule has 1 heteroatoms. The lowest BCUT2D eigenvalue weighted by molar-refractivity contribution is -0.135. The van der Waals surface area contributed by atoms with Gasteiger partial charge < -0.3 is 0 Å². The predicted octanol–water partition coefficient (Wildman–Crippen LogP) is 5.78. The summed E-state index contributed by atoms with van der Waals surface area (Å²) >= 11 is 0. The number of aryl methyl sites for hydroxylation is 3. The normalized spacial score (nSPS) is 15.7. The molecule has 23 heavy (non-hydrogen) atoms. The number of ketones is 1. The van der Waals surface area contributed by atoms with Crippen molar-refractivity contribution in [2.75, 3.05) is 0 Å². The van der Waals surface area contributed by atoms with E-state index in [0.29, 0.717) is 0 Å². The van der Waals surface area contributed by atoms with Crippen LogP contribution in [0.25, 0.3) is 5.76 Å². The first-order valence-electron chi connectivity index (χ1n) is 8.22. The van der Waals surface area contributed by atoms with Crippen LogP contribution in [-0.4, -0.2) is 5.78 Å². The summed E-state index contributed by atoms with van der Waals surface area (Å²) in [5, 5.41) is 0. The number of rotatable bonds is 1. The second-order valence-corrected chi connectivity index (χ2v) is 7.63. The van der Waals surface area contributed by atoms with E-state index in [1.807, 2.05) is 0 Å². The summed E-state index contributed by atoms with van der Waals surface area (Å²) in [7, 11) is 0. The molecule has 1 nitrogen and oxygen atoms in total. The second kappa shape index (κ2) is 5.49. The van der Waals surface area contributed by atoms with Crippen molar-refractivity contribution in [1.29, 1.82) is 0 Å².